The smallest absolute Gasteiger partial charge is 0.462 e. The summed E-state index contributed by atoms with van der Waals surface area (Å²) in [6.07, 6.45) is 47.4. The molecule has 0 saturated carbocycles. The number of hydrogen-bond donors (Lipinski definition) is 3. The van der Waals surface area contributed by atoms with Crippen molar-refractivity contribution in [1.29, 1.82) is 0 Å². The number of aliphatic hydroxyl groups is 1. The molecule has 3 N–H and O–H groups in total. The lowest BCUT2D eigenvalue weighted by Crippen LogP contribution is -2.30. The fourth-order valence-electron chi connectivity index (χ4n) is 10.6. The maximum atomic E-state index is 13.0. The highest BCUT2D eigenvalue weighted by Gasteiger charge is 2.30. The first-order chi connectivity index (χ1) is 42.9. The molecule has 89 heavy (non-hydrogen) atoms. The molecule has 0 aliphatic carbocycles. The summed E-state index contributed by atoms with van der Waals surface area (Å²) < 4.78 is 68.1. The minimum absolute atomic E-state index is 0.106. The number of carbonyl (C=O) groups is 4. The summed E-state index contributed by atoms with van der Waals surface area (Å²) in [7, 11) is -9.89. The van der Waals surface area contributed by atoms with Gasteiger partial charge in [0.2, 0.25) is 0 Å². The largest absolute Gasteiger partial charge is 0.472 e. The van der Waals surface area contributed by atoms with Gasteiger partial charge in [-0.3, -0.25) is 37.3 Å². The van der Waals surface area contributed by atoms with E-state index in [1.807, 2.05) is 0 Å². The summed E-state index contributed by atoms with van der Waals surface area (Å²) in [5.41, 5.74) is 0. The molecule has 0 aromatic carbocycles. The number of unbranched alkanes of at least 4 members (excludes halogenated alkanes) is 38. The van der Waals surface area contributed by atoms with E-state index in [0.717, 1.165) is 115 Å². The molecule has 3 unspecified atom stereocenters. The van der Waals surface area contributed by atoms with E-state index in [-0.39, 0.29) is 25.7 Å². The second-order valence-electron chi connectivity index (χ2n) is 26.0. The predicted octanol–water partition coefficient (Wildman–Crippen LogP) is 20.0. The first-order valence-corrected chi connectivity index (χ1v) is 39.5. The van der Waals surface area contributed by atoms with Crippen LogP contribution in [0.3, 0.4) is 0 Å². The van der Waals surface area contributed by atoms with Crippen LogP contribution in [0, 0.1) is 11.8 Å². The summed E-state index contributed by atoms with van der Waals surface area (Å²) in [5, 5.41) is 10.6. The molecule has 0 rings (SSSR count). The molecule has 17 nitrogen and oxygen atoms in total. The third kappa shape index (κ3) is 63.2. The Bertz CT molecular complexity index is 1740. The zero-order chi connectivity index (χ0) is 65.7. The fourth-order valence-corrected chi connectivity index (χ4v) is 12.1. The van der Waals surface area contributed by atoms with E-state index in [2.05, 4.69) is 41.5 Å². The van der Waals surface area contributed by atoms with Gasteiger partial charge in [0.25, 0.3) is 0 Å². The number of hydrogen-bond acceptors (Lipinski definition) is 15. The van der Waals surface area contributed by atoms with Crippen LogP contribution in [0.4, 0.5) is 0 Å². The summed E-state index contributed by atoms with van der Waals surface area (Å²) in [6.45, 7) is 9.50. The molecule has 6 atom stereocenters. The van der Waals surface area contributed by atoms with Crippen molar-refractivity contribution in [2.75, 3.05) is 39.6 Å². The molecule has 0 aromatic heterocycles. The number of phosphoric ester groups is 2. The Balaban J connectivity index is 5.13. The molecular weight excluding hydrogens is 1170 g/mol. The van der Waals surface area contributed by atoms with Crippen LogP contribution in [0.25, 0.3) is 0 Å². The van der Waals surface area contributed by atoms with Crippen LogP contribution in [0.2, 0.25) is 0 Å². The summed E-state index contributed by atoms with van der Waals surface area (Å²) in [6, 6.07) is 0. The zero-order valence-electron chi connectivity index (χ0n) is 57.7. The van der Waals surface area contributed by atoms with Gasteiger partial charge in [-0.05, 0) is 37.5 Å². The Morgan fingerprint density at radius 2 is 0.573 bits per heavy atom. The number of carbonyl (C=O) groups excluding carboxylic acids is 4. The molecule has 0 saturated heterocycles. The van der Waals surface area contributed by atoms with Crippen LogP contribution in [0.1, 0.15) is 356 Å². The highest BCUT2D eigenvalue weighted by Crippen LogP contribution is 2.45. The Hall–Kier alpha value is -1.94. The predicted molar refractivity (Wildman–Crippen MR) is 358 cm³/mol. The summed E-state index contributed by atoms with van der Waals surface area (Å²) in [4.78, 5) is 72.3. The molecule has 0 amide bonds. The molecule has 0 heterocycles. The Labute approximate surface area is 543 Å². The van der Waals surface area contributed by atoms with E-state index < -0.39 is 97.5 Å². The van der Waals surface area contributed by atoms with Gasteiger partial charge in [-0.1, -0.05) is 305 Å². The molecule has 0 aliphatic rings. The molecule has 19 heteroatoms. The van der Waals surface area contributed by atoms with E-state index in [1.165, 1.54) is 161 Å². The third-order valence-electron chi connectivity index (χ3n) is 16.6. The van der Waals surface area contributed by atoms with Crippen LogP contribution >= 0.6 is 15.6 Å². The number of phosphoric acid groups is 2. The molecule has 0 aliphatic heterocycles. The van der Waals surface area contributed by atoms with Crippen molar-refractivity contribution in [1.82, 2.24) is 0 Å². The third-order valence-corrected chi connectivity index (χ3v) is 18.5. The highest BCUT2D eigenvalue weighted by molar-refractivity contribution is 7.47. The normalized spacial score (nSPS) is 14.4. The van der Waals surface area contributed by atoms with Gasteiger partial charge in [-0.2, -0.15) is 0 Å². The minimum Gasteiger partial charge on any atom is -0.462 e. The molecule has 0 fully saturated rings. The van der Waals surface area contributed by atoms with Crippen LogP contribution in [-0.2, 0) is 65.4 Å². The average molecular weight is 1310 g/mol. The standard InChI is InChI=1S/C70H136O17P2/c1-7-10-12-14-16-18-30-34-42-48-54-69(74)86-65(58-80-67(72)52-46-40-33-17-15-13-11-8-2)60-84-88(76,77)82-56-64(71)57-83-89(78,79)85-61-66(59-81-68(73)53-47-41-37-36-39-45-51-63(6)9-3)87-70(75)55-49-43-35-31-28-26-24-22-20-19-21-23-25-27-29-32-38-44-50-62(4)5/h62-66,71H,7-61H2,1-6H3,(H,76,77)(H,78,79)/t63?,64-,65+,66+/m0/s1. The monoisotopic (exact) mass is 1310 g/mol. The maximum Gasteiger partial charge on any atom is 0.472 e. The topological polar surface area (TPSA) is 237 Å². The van der Waals surface area contributed by atoms with Crippen LogP contribution in [0.15, 0.2) is 0 Å². The number of rotatable bonds is 69. The van der Waals surface area contributed by atoms with Crippen molar-refractivity contribution in [2.24, 2.45) is 11.8 Å². The van der Waals surface area contributed by atoms with Crippen molar-refractivity contribution in [2.45, 2.75) is 374 Å². The van der Waals surface area contributed by atoms with Crippen molar-refractivity contribution in [3.63, 3.8) is 0 Å². The molecule has 0 bridgehead atoms. The molecule has 528 valence electrons. The van der Waals surface area contributed by atoms with Gasteiger partial charge in [-0.25, -0.2) is 9.13 Å². The van der Waals surface area contributed by atoms with Crippen molar-refractivity contribution >= 4 is 39.5 Å². The lowest BCUT2D eigenvalue weighted by molar-refractivity contribution is -0.161. The molecule has 0 spiro atoms. The summed E-state index contributed by atoms with van der Waals surface area (Å²) >= 11 is 0. The minimum atomic E-state index is -4.95. The zero-order valence-corrected chi connectivity index (χ0v) is 59.5. The Morgan fingerprint density at radius 3 is 0.854 bits per heavy atom. The molecular formula is C70H136O17P2. The van der Waals surface area contributed by atoms with E-state index in [0.29, 0.717) is 25.7 Å². The quantitative estimate of drug-likeness (QED) is 0.0222. The van der Waals surface area contributed by atoms with Crippen LogP contribution in [-0.4, -0.2) is 96.7 Å². The van der Waals surface area contributed by atoms with E-state index in [4.69, 9.17) is 37.0 Å². The van der Waals surface area contributed by atoms with Gasteiger partial charge in [0.05, 0.1) is 26.4 Å². The average Bonchev–Trinajstić information content (AvgIpc) is 3.65. The number of aliphatic hydroxyl groups excluding tert-OH is 1. The fraction of sp³-hybridized carbons (Fsp3) is 0.943. The van der Waals surface area contributed by atoms with Gasteiger partial charge in [0, 0.05) is 25.7 Å². The van der Waals surface area contributed by atoms with Crippen molar-refractivity contribution < 1.29 is 80.2 Å². The highest BCUT2D eigenvalue weighted by atomic mass is 31.2. The van der Waals surface area contributed by atoms with E-state index >= 15 is 0 Å². The Kier molecular flexibility index (Phi) is 60.8. The summed E-state index contributed by atoms with van der Waals surface area (Å²) in [5.74, 6) is -0.578. The SMILES string of the molecule is CCCCCCCCCCCCC(=O)O[C@H](COC(=O)CCCCCCCCCC)COP(=O)(O)OC[C@H](O)COP(=O)(O)OC[C@@H](COC(=O)CCCCCCCCC(C)CC)OC(=O)CCCCCCCCCCCCCCCCCCCCC(C)C. The first kappa shape index (κ1) is 87.1. The maximum absolute atomic E-state index is 13.0. The van der Waals surface area contributed by atoms with Crippen molar-refractivity contribution in [3.05, 3.63) is 0 Å². The number of esters is 4. The van der Waals surface area contributed by atoms with Crippen molar-refractivity contribution in [3.8, 4) is 0 Å². The lowest BCUT2D eigenvalue weighted by atomic mass is 10.00. The van der Waals surface area contributed by atoms with E-state index in [9.17, 15) is 43.2 Å². The van der Waals surface area contributed by atoms with Crippen LogP contribution < -0.4 is 0 Å². The lowest BCUT2D eigenvalue weighted by Gasteiger charge is -2.21. The van der Waals surface area contributed by atoms with Gasteiger partial charge >= 0.3 is 39.5 Å². The van der Waals surface area contributed by atoms with Gasteiger partial charge < -0.3 is 33.8 Å². The Morgan fingerprint density at radius 1 is 0.326 bits per heavy atom. The van der Waals surface area contributed by atoms with E-state index in [1.54, 1.807) is 0 Å². The molecule has 0 radical (unpaired) electrons. The van der Waals surface area contributed by atoms with Gasteiger partial charge in [0.1, 0.15) is 19.3 Å². The second-order valence-corrected chi connectivity index (χ2v) is 28.9. The number of ether oxygens (including phenoxy) is 4. The van der Waals surface area contributed by atoms with Gasteiger partial charge in [0.15, 0.2) is 12.2 Å². The molecule has 0 aromatic rings. The first-order valence-electron chi connectivity index (χ1n) is 36.5. The van der Waals surface area contributed by atoms with Gasteiger partial charge in [-0.15, -0.1) is 0 Å². The van der Waals surface area contributed by atoms with Crippen LogP contribution in [0.5, 0.6) is 0 Å². The second kappa shape index (κ2) is 62.2.